The van der Waals surface area contributed by atoms with E-state index in [2.05, 4.69) is 58.1 Å². The summed E-state index contributed by atoms with van der Waals surface area (Å²) in [6.07, 6.45) is 4.88. The van der Waals surface area contributed by atoms with Crippen LogP contribution in [0.1, 0.15) is 65.9 Å². The molecule has 0 saturated carbocycles. The van der Waals surface area contributed by atoms with Crippen molar-refractivity contribution in [3.8, 4) is 5.75 Å². The van der Waals surface area contributed by atoms with E-state index in [4.69, 9.17) is 4.74 Å². The van der Waals surface area contributed by atoms with Crippen LogP contribution in [0.15, 0.2) is 18.2 Å². The Bertz CT molecular complexity index is 489. The lowest BCUT2D eigenvalue weighted by Gasteiger charge is -2.44. The highest BCUT2D eigenvalue weighted by atomic mass is 16.5. The molecule has 0 saturated heterocycles. The lowest BCUT2D eigenvalue weighted by molar-refractivity contribution is 0.238. The zero-order chi connectivity index (χ0) is 15.7. The topological polar surface area (TPSA) is 21.3 Å². The summed E-state index contributed by atoms with van der Waals surface area (Å²) < 4.78 is 5.45. The van der Waals surface area contributed by atoms with Crippen LogP contribution in [-0.2, 0) is 5.41 Å². The number of benzene rings is 1. The zero-order valence-corrected chi connectivity index (χ0v) is 14.5. The van der Waals surface area contributed by atoms with Crippen molar-refractivity contribution in [3.05, 3.63) is 23.8 Å². The molecule has 0 unspecified atom stereocenters. The lowest BCUT2D eigenvalue weighted by atomic mass is 9.65. The van der Waals surface area contributed by atoms with E-state index in [1.54, 1.807) is 7.11 Å². The van der Waals surface area contributed by atoms with Crippen LogP contribution in [-0.4, -0.2) is 13.2 Å². The van der Waals surface area contributed by atoms with Crippen LogP contribution >= 0.6 is 0 Å². The molecule has 2 nitrogen and oxygen atoms in total. The molecule has 0 amide bonds. The molecule has 1 N–H and O–H groups in total. The first kappa shape index (κ1) is 16.2. The van der Waals surface area contributed by atoms with Gasteiger partial charge in [0.1, 0.15) is 5.75 Å². The predicted octanol–water partition coefficient (Wildman–Crippen LogP) is 5.37. The van der Waals surface area contributed by atoms with Gasteiger partial charge in [-0.3, -0.25) is 0 Å². The van der Waals surface area contributed by atoms with Gasteiger partial charge in [-0.05, 0) is 53.9 Å². The fraction of sp³-hybridized carbons (Fsp3) is 0.684. The molecule has 0 bridgehead atoms. The summed E-state index contributed by atoms with van der Waals surface area (Å²) in [5.41, 5.74) is 3.26. The van der Waals surface area contributed by atoms with Gasteiger partial charge in [0.15, 0.2) is 0 Å². The molecule has 0 aromatic heterocycles. The highest BCUT2D eigenvalue weighted by Crippen LogP contribution is 2.47. The van der Waals surface area contributed by atoms with Gasteiger partial charge in [-0.25, -0.2) is 0 Å². The first-order valence-corrected chi connectivity index (χ1v) is 8.22. The predicted molar refractivity (Wildman–Crippen MR) is 91.4 cm³/mol. The quantitative estimate of drug-likeness (QED) is 0.804. The van der Waals surface area contributed by atoms with Crippen molar-refractivity contribution >= 4 is 5.69 Å². The van der Waals surface area contributed by atoms with Gasteiger partial charge >= 0.3 is 0 Å². The standard InChI is InChI=1S/C19H31NO/c1-7-8-14-12-19(5,13-18(2,3)4)16-11-15(21-6)9-10-17(16)20-14/h9-11,14,20H,7-8,12-13H2,1-6H3/t14-,19+/m1/s1. The average molecular weight is 289 g/mol. The van der Waals surface area contributed by atoms with Crippen molar-refractivity contribution in [3.63, 3.8) is 0 Å². The molecule has 1 aliphatic rings. The molecule has 1 aromatic rings. The monoisotopic (exact) mass is 289 g/mol. The molecule has 0 spiro atoms. The van der Waals surface area contributed by atoms with E-state index < -0.39 is 0 Å². The zero-order valence-electron chi connectivity index (χ0n) is 14.5. The Labute approximate surface area is 130 Å². The smallest absolute Gasteiger partial charge is 0.119 e. The van der Waals surface area contributed by atoms with Crippen molar-refractivity contribution in [2.24, 2.45) is 5.41 Å². The van der Waals surface area contributed by atoms with E-state index in [0.29, 0.717) is 11.5 Å². The van der Waals surface area contributed by atoms with Crippen LogP contribution in [0, 0.1) is 5.41 Å². The van der Waals surface area contributed by atoms with Gasteiger partial charge in [-0.2, -0.15) is 0 Å². The molecule has 2 atom stereocenters. The SMILES string of the molecule is CCC[C@@H]1C[C@@](C)(CC(C)(C)C)c2cc(OC)ccc2N1. The maximum Gasteiger partial charge on any atom is 0.119 e. The Morgan fingerprint density at radius 1 is 1.33 bits per heavy atom. The molecule has 1 aromatic carbocycles. The molecule has 0 aliphatic carbocycles. The fourth-order valence-corrected chi connectivity index (χ4v) is 4.06. The number of nitrogens with one attached hydrogen (secondary N) is 1. The van der Waals surface area contributed by atoms with Gasteiger partial charge in [-0.15, -0.1) is 0 Å². The van der Waals surface area contributed by atoms with Crippen LogP contribution < -0.4 is 10.1 Å². The molecule has 0 radical (unpaired) electrons. The van der Waals surface area contributed by atoms with E-state index in [1.165, 1.54) is 36.9 Å². The van der Waals surface area contributed by atoms with Gasteiger partial charge in [-0.1, -0.05) is 41.0 Å². The van der Waals surface area contributed by atoms with Crippen LogP contribution in [0.4, 0.5) is 5.69 Å². The number of ether oxygens (including phenoxy) is 1. The number of hydrogen-bond acceptors (Lipinski definition) is 2. The highest BCUT2D eigenvalue weighted by molar-refractivity contribution is 5.60. The molecule has 21 heavy (non-hydrogen) atoms. The van der Waals surface area contributed by atoms with Crippen molar-refractivity contribution in [2.45, 2.75) is 71.8 Å². The summed E-state index contributed by atoms with van der Waals surface area (Å²) in [6.45, 7) is 11.7. The van der Waals surface area contributed by atoms with Gasteiger partial charge < -0.3 is 10.1 Å². The lowest BCUT2D eigenvalue weighted by Crippen LogP contribution is -2.40. The Balaban J connectivity index is 2.42. The van der Waals surface area contributed by atoms with E-state index in [1.807, 2.05) is 0 Å². The van der Waals surface area contributed by atoms with Gasteiger partial charge in [0.2, 0.25) is 0 Å². The van der Waals surface area contributed by atoms with E-state index in [0.717, 1.165) is 5.75 Å². The summed E-state index contributed by atoms with van der Waals surface area (Å²) in [5, 5.41) is 3.73. The van der Waals surface area contributed by atoms with Gasteiger partial charge in [0.05, 0.1) is 7.11 Å². The second-order valence-electron chi connectivity index (χ2n) is 8.04. The van der Waals surface area contributed by atoms with Crippen LogP contribution in [0.5, 0.6) is 5.75 Å². The molecule has 118 valence electrons. The second-order valence-corrected chi connectivity index (χ2v) is 8.04. The largest absolute Gasteiger partial charge is 0.497 e. The molecular weight excluding hydrogens is 258 g/mol. The maximum atomic E-state index is 5.45. The minimum Gasteiger partial charge on any atom is -0.497 e. The highest BCUT2D eigenvalue weighted by Gasteiger charge is 2.39. The third kappa shape index (κ3) is 3.72. The summed E-state index contributed by atoms with van der Waals surface area (Å²) in [7, 11) is 1.75. The number of fused-ring (bicyclic) bond motifs is 1. The maximum absolute atomic E-state index is 5.45. The number of hydrogen-bond donors (Lipinski definition) is 1. The Morgan fingerprint density at radius 3 is 2.62 bits per heavy atom. The molecule has 0 fully saturated rings. The normalized spacial score (nSPS) is 25.1. The van der Waals surface area contributed by atoms with Crippen LogP contribution in [0.3, 0.4) is 0 Å². The molecule has 2 heteroatoms. The van der Waals surface area contributed by atoms with Crippen molar-refractivity contribution < 1.29 is 4.74 Å². The fourth-order valence-electron chi connectivity index (χ4n) is 4.06. The number of anilines is 1. The summed E-state index contributed by atoms with van der Waals surface area (Å²) >= 11 is 0. The van der Waals surface area contributed by atoms with E-state index in [9.17, 15) is 0 Å². The van der Waals surface area contributed by atoms with Gasteiger partial charge in [0, 0.05) is 11.7 Å². The Hall–Kier alpha value is -1.18. The first-order valence-electron chi connectivity index (χ1n) is 8.22. The summed E-state index contributed by atoms with van der Waals surface area (Å²) in [6, 6.07) is 7.08. The molecule has 1 heterocycles. The molecule has 1 aliphatic heterocycles. The van der Waals surface area contributed by atoms with Crippen molar-refractivity contribution in [1.29, 1.82) is 0 Å². The number of methoxy groups -OCH3 is 1. The second kappa shape index (κ2) is 5.90. The molecule has 2 rings (SSSR count). The third-order valence-corrected chi connectivity index (χ3v) is 4.49. The van der Waals surface area contributed by atoms with Gasteiger partial charge in [0.25, 0.3) is 0 Å². The summed E-state index contributed by atoms with van der Waals surface area (Å²) in [4.78, 5) is 0. The minimum absolute atomic E-state index is 0.215. The third-order valence-electron chi connectivity index (χ3n) is 4.49. The summed E-state index contributed by atoms with van der Waals surface area (Å²) in [5.74, 6) is 0.963. The van der Waals surface area contributed by atoms with Crippen LogP contribution in [0.2, 0.25) is 0 Å². The molecular formula is C19H31NO. The van der Waals surface area contributed by atoms with E-state index >= 15 is 0 Å². The van der Waals surface area contributed by atoms with Crippen molar-refractivity contribution in [2.75, 3.05) is 12.4 Å². The average Bonchev–Trinajstić information content (AvgIpc) is 2.36. The Kier molecular flexibility index (Phi) is 4.55. The van der Waals surface area contributed by atoms with E-state index in [-0.39, 0.29) is 5.41 Å². The van der Waals surface area contributed by atoms with Crippen molar-refractivity contribution in [1.82, 2.24) is 0 Å². The number of rotatable bonds is 4. The van der Waals surface area contributed by atoms with Crippen LogP contribution in [0.25, 0.3) is 0 Å². The first-order chi connectivity index (χ1) is 9.77. The Morgan fingerprint density at radius 2 is 2.05 bits per heavy atom. The minimum atomic E-state index is 0.215.